The van der Waals surface area contributed by atoms with E-state index in [9.17, 15) is 26.8 Å². The van der Waals surface area contributed by atoms with Crippen LogP contribution in [0.4, 0.5) is 8.78 Å². The first-order valence-corrected chi connectivity index (χ1v) is 10.2. The van der Waals surface area contributed by atoms with Crippen LogP contribution >= 0.6 is 0 Å². The van der Waals surface area contributed by atoms with E-state index in [1.54, 1.807) is 0 Å². The number of carbonyl (C=O) groups excluding carboxylic acids is 1. The number of sulfone groups is 1. The minimum atomic E-state index is -3.91. The van der Waals surface area contributed by atoms with Gasteiger partial charge in [-0.1, -0.05) is 0 Å². The van der Waals surface area contributed by atoms with Crippen LogP contribution in [0, 0.1) is 11.6 Å². The number of nitrogens with one attached hydrogen (secondary N) is 1. The van der Waals surface area contributed by atoms with Gasteiger partial charge in [0, 0.05) is 25.1 Å². The summed E-state index contributed by atoms with van der Waals surface area (Å²) in [4.78, 5) is 24.2. The summed E-state index contributed by atoms with van der Waals surface area (Å²) in [6.45, 7) is 0.984. The van der Waals surface area contributed by atoms with Gasteiger partial charge >= 0.3 is 0 Å². The van der Waals surface area contributed by atoms with E-state index < -0.39 is 43.4 Å². The molecule has 1 aromatic carbocycles. The van der Waals surface area contributed by atoms with E-state index >= 15 is 0 Å². The SMILES string of the molecule is COc1c(F)cc(-c2ccn(CC[C@](C)(C(=O)NO)S(C)(=O)=O)c(=O)c2)cc1F. The molecule has 0 saturated heterocycles. The lowest BCUT2D eigenvalue weighted by atomic mass is 10.1. The Bertz CT molecular complexity index is 1080. The molecule has 0 unspecified atom stereocenters. The van der Waals surface area contributed by atoms with E-state index in [0.29, 0.717) is 0 Å². The standard InChI is InChI=1S/C18H20F2N2O6S/c1-18(17(24)21-25,29(3,26)27)5-7-22-6-4-11(10-15(22)23)12-8-13(19)16(28-2)14(20)9-12/h4,6,8-10,25H,5,7H2,1-3H3,(H,21,24)/t18-/m1/s1. The lowest BCUT2D eigenvalue weighted by Crippen LogP contribution is -2.49. The van der Waals surface area contributed by atoms with Crippen molar-refractivity contribution in [1.82, 2.24) is 10.0 Å². The average Bonchev–Trinajstić information content (AvgIpc) is 2.64. The Kier molecular flexibility index (Phi) is 6.43. The number of benzene rings is 1. The van der Waals surface area contributed by atoms with Gasteiger partial charge in [-0.25, -0.2) is 22.7 Å². The zero-order chi connectivity index (χ0) is 22.0. The molecule has 2 aromatic rings. The van der Waals surface area contributed by atoms with Gasteiger partial charge in [0.25, 0.3) is 11.5 Å². The number of hydrogen-bond acceptors (Lipinski definition) is 6. The van der Waals surface area contributed by atoms with Crippen LogP contribution in [0.15, 0.2) is 35.3 Å². The monoisotopic (exact) mass is 430 g/mol. The second-order valence-electron chi connectivity index (χ2n) is 6.61. The summed E-state index contributed by atoms with van der Waals surface area (Å²) in [5.74, 6) is -3.51. The van der Waals surface area contributed by atoms with Crippen LogP contribution in [-0.2, 0) is 21.2 Å². The van der Waals surface area contributed by atoms with E-state index in [2.05, 4.69) is 4.74 Å². The van der Waals surface area contributed by atoms with Gasteiger partial charge in [0.15, 0.2) is 32.0 Å². The topological polar surface area (TPSA) is 115 Å². The fourth-order valence-electron chi connectivity index (χ4n) is 2.71. The number of aryl methyl sites for hydroxylation is 1. The van der Waals surface area contributed by atoms with Crippen LogP contribution in [-0.4, -0.2) is 42.2 Å². The molecule has 1 atom stereocenters. The highest BCUT2D eigenvalue weighted by molar-refractivity contribution is 7.92. The molecule has 8 nitrogen and oxygen atoms in total. The van der Waals surface area contributed by atoms with E-state index in [4.69, 9.17) is 5.21 Å². The summed E-state index contributed by atoms with van der Waals surface area (Å²) in [5, 5.41) is 8.83. The predicted molar refractivity (Wildman–Crippen MR) is 100 cm³/mol. The summed E-state index contributed by atoms with van der Waals surface area (Å²) in [5.41, 5.74) is 1.11. The maximum Gasteiger partial charge on any atom is 0.264 e. The molecule has 0 fully saturated rings. The molecule has 11 heteroatoms. The summed E-state index contributed by atoms with van der Waals surface area (Å²) in [7, 11) is -2.78. The fourth-order valence-corrected chi connectivity index (χ4v) is 3.56. The van der Waals surface area contributed by atoms with Crippen molar-refractivity contribution in [2.75, 3.05) is 13.4 Å². The smallest absolute Gasteiger partial charge is 0.264 e. The Balaban J connectivity index is 2.33. The van der Waals surface area contributed by atoms with E-state index in [0.717, 1.165) is 43.1 Å². The van der Waals surface area contributed by atoms with Crippen LogP contribution in [0.3, 0.4) is 0 Å². The molecule has 0 radical (unpaired) electrons. The van der Waals surface area contributed by atoms with Crippen LogP contribution < -0.4 is 15.8 Å². The van der Waals surface area contributed by atoms with Gasteiger partial charge in [-0.3, -0.25) is 14.8 Å². The summed E-state index contributed by atoms with van der Waals surface area (Å²) in [6.07, 6.45) is 1.88. The van der Waals surface area contributed by atoms with Gasteiger partial charge in [-0.05, 0) is 42.7 Å². The predicted octanol–water partition coefficient (Wildman–Crippen LogP) is 1.50. The van der Waals surface area contributed by atoms with Gasteiger partial charge in [-0.15, -0.1) is 0 Å². The zero-order valence-electron chi connectivity index (χ0n) is 15.9. The van der Waals surface area contributed by atoms with Crippen molar-refractivity contribution in [1.29, 1.82) is 0 Å². The quantitative estimate of drug-likeness (QED) is 0.508. The maximum absolute atomic E-state index is 13.9. The number of nitrogens with zero attached hydrogens (tertiary/aromatic N) is 1. The normalized spacial score (nSPS) is 13.6. The molecule has 0 saturated carbocycles. The van der Waals surface area contributed by atoms with Crippen LogP contribution in [0.1, 0.15) is 13.3 Å². The van der Waals surface area contributed by atoms with Crippen molar-refractivity contribution in [3.8, 4) is 16.9 Å². The van der Waals surface area contributed by atoms with Gasteiger partial charge in [0.05, 0.1) is 7.11 Å². The molecule has 1 aromatic heterocycles. The average molecular weight is 430 g/mol. The lowest BCUT2D eigenvalue weighted by molar-refractivity contribution is -0.131. The molecular formula is C18H20F2N2O6S. The molecular weight excluding hydrogens is 410 g/mol. The largest absolute Gasteiger partial charge is 0.491 e. The molecule has 1 heterocycles. The molecule has 0 spiro atoms. The number of halogens is 2. The number of methoxy groups -OCH3 is 1. The highest BCUT2D eigenvalue weighted by Gasteiger charge is 2.43. The summed E-state index contributed by atoms with van der Waals surface area (Å²) < 4.78 is 55.5. The van der Waals surface area contributed by atoms with Crippen molar-refractivity contribution in [3.05, 3.63) is 52.5 Å². The molecule has 2 rings (SSSR count). The summed E-state index contributed by atoms with van der Waals surface area (Å²) in [6, 6.07) is 4.59. The van der Waals surface area contributed by atoms with Crippen molar-refractivity contribution in [2.24, 2.45) is 0 Å². The Morgan fingerprint density at radius 1 is 1.24 bits per heavy atom. The number of carbonyl (C=O) groups is 1. The Labute approximate surface area is 165 Å². The van der Waals surface area contributed by atoms with Gasteiger partial charge < -0.3 is 9.30 Å². The number of aromatic nitrogens is 1. The van der Waals surface area contributed by atoms with Crippen molar-refractivity contribution in [2.45, 2.75) is 24.6 Å². The van der Waals surface area contributed by atoms with E-state index in [1.807, 2.05) is 0 Å². The second-order valence-corrected chi connectivity index (χ2v) is 9.06. The first-order chi connectivity index (χ1) is 13.4. The highest BCUT2D eigenvalue weighted by Crippen LogP contribution is 2.28. The number of ether oxygens (including phenoxy) is 1. The number of hydrogen-bond donors (Lipinski definition) is 2. The third kappa shape index (κ3) is 4.46. The molecule has 0 bridgehead atoms. The maximum atomic E-state index is 13.9. The number of rotatable bonds is 7. The number of hydroxylamine groups is 1. The first-order valence-electron chi connectivity index (χ1n) is 8.32. The van der Waals surface area contributed by atoms with Gasteiger partial charge in [0.1, 0.15) is 0 Å². The van der Waals surface area contributed by atoms with E-state index in [1.165, 1.54) is 17.7 Å². The summed E-state index contributed by atoms with van der Waals surface area (Å²) >= 11 is 0. The number of pyridine rings is 1. The molecule has 158 valence electrons. The second kappa shape index (κ2) is 8.29. The molecule has 0 aliphatic carbocycles. The minimum absolute atomic E-state index is 0.116. The molecule has 1 amide bonds. The van der Waals surface area contributed by atoms with Crippen LogP contribution in [0.5, 0.6) is 5.75 Å². The molecule has 2 N–H and O–H groups in total. The minimum Gasteiger partial charge on any atom is -0.491 e. The lowest BCUT2D eigenvalue weighted by Gasteiger charge is -2.25. The Hall–Kier alpha value is -2.79. The van der Waals surface area contributed by atoms with Crippen LogP contribution in [0.25, 0.3) is 11.1 Å². The van der Waals surface area contributed by atoms with Crippen molar-refractivity contribution in [3.63, 3.8) is 0 Å². The Morgan fingerprint density at radius 2 is 1.83 bits per heavy atom. The van der Waals surface area contributed by atoms with Gasteiger partial charge in [-0.2, -0.15) is 0 Å². The Morgan fingerprint density at radius 3 is 2.28 bits per heavy atom. The van der Waals surface area contributed by atoms with Crippen LogP contribution in [0.2, 0.25) is 0 Å². The zero-order valence-corrected chi connectivity index (χ0v) is 16.7. The van der Waals surface area contributed by atoms with Crippen molar-refractivity contribution >= 4 is 15.7 Å². The highest BCUT2D eigenvalue weighted by atomic mass is 32.2. The molecule has 0 aliphatic rings. The molecule has 0 aliphatic heterocycles. The van der Waals surface area contributed by atoms with E-state index in [-0.39, 0.29) is 24.1 Å². The molecule has 29 heavy (non-hydrogen) atoms. The fraction of sp³-hybridized carbons (Fsp3) is 0.333. The van der Waals surface area contributed by atoms with Gasteiger partial charge in [0.2, 0.25) is 0 Å². The third-order valence-electron chi connectivity index (χ3n) is 4.76. The first kappa shape index (κ1) is 22.5. The third-order valence-corrected chi connectivity index (χ3v) is 6.79. The van der Waals surface area contributed by atoms with Crippen molar-refractivity contribution < 1.29 is 31.9 Å². The number of amides is 1.